The average Bonchev–Trinajstić information content (AvgIpc) is 3.12. The van der Waals surface area contributed by atoms with Crippen molar-refractivity contribution in [3.8, 4) is 5.75 Å². The van der Waals surface area contributed by atoms with Crippen molar-refractivity contribution in [3.05, 3.63) is 35.9 Å². The molecule has 0 N–H and O–H groups in total. The molecule has 37 heavy (non-hydrogen) atoms. The van der Waals surface area contributed by atoms with Crippen LogP contribution >= 0.6 is 0 Å². The number of fused-ring (bicyclic) bond motifs is 1. The maximum atomic E-state index is 13.5. The van der Waals surface area contributed by atoms with Gasteiger partial charge < -0.3 is 14.4 Å². The van der Waals surface area contributed by atoms with Gasteiger partial charge in [-0.05, 0) is 62.8 Å². The second kappa shape index (κ2) is 10.1. The van der Waals surface area contributed by atoms with E-state index in [1.54, 1.807) is 7.11 Å². The van der Waals surface area contributed by atoms with Crippen molar-refractivity contribution in [2.75, 3.05) is 51.3 Å². The minimum atomic E-state index is -0.989. The Morgan fingerprint density at radius 1 is 1.03 bits per heavy atom. The zero-order chi connectivity index (χ0) is 26.3. The second-order valence-corrected chi connectivity index (χ2v) is 11.2. The molecule has 3 unspecified atom stereocenters. The molecule has 2 amide bonds. The summed E-state index contributed by atoms with van der Waals surface area (Å²) in [5, 5.41) is 0. The molecule has 5 atom stereocenters. The fourth-order valence-corrected chi connectivity index (χ4v) is 7.43. The first-order valence-corrected chi connectivity index (χ1v) is 13.6. The lowest BCUT2D eigenvalue weighted by molar-refractivity contribution is -0.173. The van der Waals surface area contributed by atoms with Crippen LogP contribution in [0.15, 0.2) is 35.9 Å². The minimum absolute atomic E-state index is 0.0448. The highest BCUT2D eigenvalue weighted by Crippen LogP contribution is 2.58. The summed E-state index contributed by atoms with van der Waals surface area (Å²) in [6, 6.07) is 8.13. The first kappa shape index (κ1) is 25.8. The molecule has 8 nitrogen and oxygen atoms in total. The molecule has 200 valence electrons. The molecular weight excluding hydrogens is 470 g/mol. The van der Waals surface area contributed by atoms with Crippen LogP contribution in [0.2, 0.25) is 0 Å². The molecule has 6 rings (SSSR count). The Labute approximate surface area is 219 Å². The fraction of sp³-hybridized carbons (Fsp3) is 0.621. The third-order valence-corrected chi connectivity index (χ3v) is 8.85. The average molecular weight is 510 g/mol. The van der Waals surface area contributed by atoms with Crippen LogP contribution in [-0.2, 0) is 19.1 Å². The van der Waals surface area contributed by atoms with E-state index in [2.05, 4.69) is 22.8 Å². The number of ether oxygens (including phenoxy) is 2. The highest BCUT2D eigenvalue weighted by molar-refractivity contribution is 6.07. The van der Waals surface area contributed by atoms with Gasteiger partial charge in [0.25, 0.3) is 0 Å². The molecule has 3 aliphatic carbocycles. The zero-order valence-electron chi connectivity index (χ0n) is 22.4. The number of benzene rings is 1. The van der Waals surface area contributed by atoms with Gasteiger partial charge in [-0.2, -0.15) is 0 Å². The molecule has 1 saturated carbocycles. The number of imide groups is 1. The van der Waals surface area contributed by atoms with Gasteiger partial charge in [0.1, 0.15) is 11.4 Å². The highest BCUT2D eigenvalue weighted by Gasteiger charge is 2.67. The van der Waals surface area contributed by atoms with Crippen molar-refractivity contribution >= 4 is 23.5 Å². The van der Waals surface area contributed by atoms with Crippen LogP contribution in [0.5, 0.6) is 5.75 Å². The topological polar surface area (TPSA) is 79.4 Å². The van der Waals surface area contributed by atoms with E-state index in [4.69, 9.17) is 9.47 Å². The maximum Gasteiger partial charge on any atom is 0.303 e. The van der Waals surface area contributed by atoms with Crippen LogP contribution in [0.3, 0.4) is 0 Å². The van der Waals surface area contributed by atoms with Crippen LogP contribution in [0.4, 0.5) is 5.69 Å². The van der Waals surface area contributed by atoms with Crippen molar-refractivity contribution in [3.63, 3.8) is 0 Å². The molecule has 2 aliphatic heterocycles. The van der Waals surface area contributed by atoms with E-state index >= 15 is 0 Å². The monoisotopic (exact) mass is 509 g/mol. The van der Waals surface area contributed by atoms with Gasteiger partial charge >= 0.3 is 5.97 Å². The lowest BCUT2D eigenvalue weighted by Crippen LogP contribution is -2.57. The number of esters is 1. The summed E-state index contributed by atoms with van der Waals surface area (Å²) >= 11 is 0. The first-order valence-electron chi connectivity index (χ1n) is 13.6. The molecule has 0 spiro atoms. The molecule has 0 aromatic heterocycles. The van der Waals surface area contributed by atoms with Gasteiger partial charge in [0.2, 0.25) is 11.8 Å². The van der Waals surface area contributed by atoms with Crippen LogP contribution in [0, 0.1) is 23.7 Å². The van der Waals surface area contributed by atoms with Crippen molar-refractivity contribution in [1.29, 1.82) is 0 Å². The molecule has 1 aromatic carbocycles. The number of hydrogen-bond acceptors (Lipinski definition) is 7. The van der Waals surface area contributed by atoms with Crippen molar-refractivity contribution < 1.29 is 23.9 Å². The van der Waals surface area contributed by atoms with Gasteiger partial charge in [-0.25, -0.2) is 0 Å². The van der Waals surface area contributed by atoms with E-state index in [-0.39, 0.29) is 23.7 Å². The van der Waals surface area contributed by atoms with E-state index in [1.807, 2.05) is 31.2 Å². The molecule has 2 saturated heterocycles. The summed E-state index contributed by atoms with van der Waals surface area (Å²) in [6.45, 7) is 10.7. The third-order valence-electron chi connectivity index (χ3n) is 8.85. The van der Waals surface area contributed by atoms with E-state index in [0.29, 0.717) is 13.0 Å². The number of carbonyl (C=O) groups is 3. The van der Waals surface area contributed by atoms with Gasteiger partial charge in [0.15, 0.2) is 0 Å². The normalized spacial score (nSPS) is 31.4. The maximum absolute atomic E-state index is 13.5. The van der Waals surface area contributed by atoms with Gasteiger partial charge in [0, 0.05) is 39.6 Å². The summed E-state index contributed by atoms with van der Waals surface area (Å²) in [6.07, 6.45) is 4.26. The Morgan fingerprint density at radius 3 is 2.41 bits per heavy atom. The van der Waals surface area contributed by atoms with Crippen LogP contribution in [0.1, 0.15) is 40.0 Å². The van der Waals surface area contributed by atoms with Gasteiger partial charge in [0.05, 0.1) is 24.6 Å². The summed E-state index contributed by atoms with van der Waals surface area (Å²) in [5.41, 5.74) is 1.21. The number of anilines is 1. The largest absolute Gasteiger partial charge is 0.495 e. The van der Waals surface area contributed by atoms with Crippen molar-refractivity contribution in [2.24, 2.45) is 23.7 Å². The Morgan fingerprint density at radius 2 is 1.73 bits per heavy atom. The molecule has 5 aliphatic rings. The Kier molecular flexibility index (Phi) is 7.05. The summed E-state index contributed by atoms with van der Waals surface area (Å²) in [7, 11) is 1.71. The number of piperazine rings is 1. The van der Waals surface area contributed by atoms with Crippen LogP contribution < -0.4 is 9.64 Å². The molecule has 0 radical (unpaired) electrons. The first-order chi connectivity index (χ1) is 17.8. The fourth-order valence-electron chi connectivity index (χ4n) is 7.43. The zero-order valence-corrected chi connectivity index (χ0v) is 22.4. The number of likely N-dealkylation sites (tertiary alicyclic amines) is 1. The predicted molar refractivity (Wildman–Crippen MR) is 140 cm³/mol. The third kappa shape index (κ3) is 4.54. The number of unbranched alkanes of at least 4 members (excludes halogenated alkanes) is 1. The number of rotatable bonds is 8. The van der Waals surface area contributed by atoms with Crippen molar-refractivity contribution in [2.45, 2.75) is 45.6 Å². The Bertz CT molecular complexity index is 1090. The minimum Gasteiger partial charge on any atom is -0.495 e. The van der Waals surface area contributed by atoms with E-state index in [9.17, 15) is 14.4 Å². The standard InChI is InChI=1S/C29H39N3O5/c1-19-17-29(37-21(3)33)18-20(2)24(19)25-26(29)28(35)32(27(25)34)12-8-7-11-30-13-15-31(16-14-30)22-9-5-6-10-23(22)36-4/h5-6,9-10,17,20,24-26H,7-8,11-16,18H2,1-4H3/t20?,24-,25?,26?,29-/m1/s1. The number of carbonyl (C=O) groups excluding carboxylic acids is 3. The number of nitrogens with zero attached hydrogens (tertiary/aromatic N) is 3. The number of hydrogen-bond donors (Lipinski definition) is 0. The summed E-state index contributed by atoms with van der Waals surface area (Å²) in [5.74, 6) is -0.510. The van der Waals surface area contributed by atoms with E-state index in [1.165, 1.54) is 11.8 Å². The lowest BCUT2D eigenvalue weighted by atomic mass is 9.54. The predicted octanol–water partition coefficient (Wildman–Crippen LogP) is 3.12. The Balaban J connectivity index is 1.15. The molecule has 1 aromatic rings. The SMILES string of the molecule is COc1ccccc1N1CCN(CCCCN2C(=O)C3C(C2=O)[C@@]2(OC(C)=O)C=C(C)[C@@H]3C(C)C2)CC1. The molecule has 2 heterocycles. The van der Waals surface area contributed by atoms with Gasteiger partial charge in [-0.15, -0.1) is 0 Å². The summed E-state index contributed by atoms with van der Waals surface area (Å²) in [4.78, 5) is 45.3. The number of methoxy groups -OCH3 is 1. The lowest BCUT2D eigenvalue weighted by Gasteiger charge is -2.52. The smallest absolute Gasteiger partial charge is 0.303 e. The van der Waals surface area contributed by atoms with E-state index < -0.39 is 23.4 Å². The van der Waals surface area contributed by atoms with Gasteiger partial charge in [-0.3, -0.25) is 24.2 Å². The number of amides is 2. The highest BCUT2D eigenvalue weighted by atomic mass is 16.6. The molecule has 8 heteroatoms. The van der Waals surface area contributed by atoms with Crippen LogP contribution in [0.25, 0.3) is 0 Å². The quantitative estimate of drug-likeness (QED) is 0.231. The van der Waals surface area contributed by atoms with Gasteiger partial charge in [-0.1, -0.05) is 24.6 Å². The van der Waals surface area contributed by atoms with Crippen LogP contribution in [-0.4, -0.2) is 79.6 Å². The van der Waals surface area contributed by atoms with E-state index in [0.717, 1.165) is 62.6 Å². The molecule has 3 fully saturated rings. The molecule has 2 bridgehead atoms. The summed E-state index contributed by atoms with van der Waals surface area (Å²) < 4.78 is 11.3. The molecular formula is C29H39N3O5. The number of para-hydroxylation sites is 2. The second-order valence-electron chi connectivity index (χ2n) is 11.2. The Hall–Kier alpha value is -2.87. The number of allylic oxidation sites excluding steroid dienone is 1. The van der Waals surface area contributed by atoms with Crippen molar-refractivity contribution in [1.82, 2.24) is 9.80 Å².